The largest absolute Gasteiger partial charge is 0.363 e. The van der Waals surface area contributed by atoms with Gasteiger partial charge in [-0.25, -0.2) is 4.99 Å². The molecule has 9 heavy (non-hydrogen) atoms. The fraction of sp³-hybridized carbons (Fsp3) is 0.571. The van der Waals surface area contributed by atoms with E-state index in [-0.39, 0.29) is 0 Å². The number of hydrogen-bond acceptors (Lipinski definition) is 2. The van der Waals surface area contributed by atoms with Crippen LogP contribution in [0.15, 0.2) is 17.3 Å². The first-order chi connectivity index (χ1) is 4.43. The van der Waals surface area contributed by atoms with Crippen molar-refractivity contribution in [2.24, 2.45) is 4.99 Å². The number of aliphatic imine (C=N–C) groups is 1. The third kappa shape index (κ3) is 1.88. The van der Waals surface area contributed by atoms with Crippen LogP contribution >= 0.6 is 0 Å². The lowest BCUT2D eigenvalue weighted by Gasteiger charge is -2.13. The number of hydrogen-bond donors (Lipinski definition) is 0. The number of nitrogens with zero attached hydrogens (tertiary/aromatic N) is 2. The quantitative estimate of drug-likeness (QED) is 0.513. The standard InChI is InChI=1S/C7H12N2/c1-2-9-6-4-3-5-8-7-9/h3,5,7H,2,4,6H2,1H3. The minimum absolute atomic E-state index is 1.06. The van der Waals surface area contributed by atoms with Crippen molar-refractivity contribution >= 4 is 6.34 Å². The fourth-order valence-electron chi connectivity index (χ4n) is 0.806. The van der Waals surface area contributed by atoms with E-state index in [1.807, 2.05) is 12.5 Å². The second-order valence-electron chi connectivity index (χ2n) is 2.07. The van der Waals surface area contributed by atoms with Crippen LogP contribution in [0.1, 0.15) is 13.3 Å². The maximum atomic E-state index is 4.04. The zero-order chi connectivity index (χ0) is 6.53. The zero-order valence-corrected chi connectivity index (χ0v) is 5.75. The predicted molar refractivity (Wildman–Crippen MR) is 39.5 cm³/mol. The Balaban J connectivity index is 2.41. The van der Waals surface area contributed by atoms with E-state index in [1.54, 1.807) is 0 Å². The van der Waals surface area contributed by atoms with E-state index >= 15 is 0 Å². The van der Waals surface area contributed by atoms with Crippen LogP contribution in [0.3, 0.4) is 0 Å². The van der Waals surface area contributed by atoms with Gasteiger partial charge in [-0.1, -0.05) is 6.08 Å². The fourth-order valence-corrected chi connectivity index (χ4v) is 0.806. The normalized spacial score (nSPS) is 18.1. The highest BCUT2D eigenvalue weighted by atomic mass is 15.1. The lowest BCUT2D eigenvalue weighted by Crippen LogP contribution is -2.21. The average molecular weight is 124 g/mol. The molecular formula is C7H12N2. The Morgan fingerprint density at radius 2 is 2.56 bits per heavy atom. The SMILES string of the molecule is CCN1C=NC=CCC1. The first-order valence-electron chi connectivity index (χ1n) is 3.36. The molecule has 1 aliphatic heterocycles. The molecule has 0 aromatic carbocycles. The molecule has 2 nitrogen and oxygen atoms in total. The van der Waals surface area contributed by atoms with Gasteiger partial charge in [-0.05, 0) is 13.3 Å². The molecular weight excluding hydrogens is 112 g/mol. The summed E-state index contributed by atoms with van der Waals surface area (Å²) in [5, 5.41) is 0. The summed E-state index contributed by atoms with van der Waals surface area (Å²) in [5.74, 6) is 0. The molecule has 0 saturated heterocycles. The van der Waals surface area contributed by atoms with Gasteiger partial charge < -0.3 is 4.90 Å². The van der Waals surface area contributed by atoms with E-state index < -0.39 is 0 Å². The Labute approximate surface area is 55.9 Å². The van der Waals surface area contributed by atoms with Crippen LogP contribution in [0.2, 0.25) is 0 Å². The van der Waals surface area contributed by atoms with Crippen molar-refractivity contribution in [2.45, 2.75) is 13.3 Å². The van der Waals surface area contributed by atoms with Gasteiger partial charge in [-0.2, -0.15) is 0 Å². The topological polar surface area (TPSA) is 15.6 Å². The molecule has 0 bridgehead atoms. The summed E-state index contributed by atoms with van der Waals surface area (Å²) in [6.07, 6.45) is 6.96. The molecule has 1 heterocycles. The third-order valence-electron chi connectivity index (χ3n) is 1.41. The van der Waals surface area contributed by atoms with Crippen LogP contribution in [0.4, 0.5) is 0 Å². The van der Waals surface area contributed by atoms with Crippen molar-refractivity contribution in [3.63, 3.8) is 0 Å². The van der Waals surface area contributed by atoms with Crippen molar-refractivity contribution in [3.05, 3.63) is 12.3 Å². The Kier molecular flexibility index (Phi) is 2.31. The molecule has 2 heteroatoms. The van der Waals surface area contributed by atoms with Gasteiger partial charge in [0.15, 0.2) is 0 Å². The van der Waals surface area contributed by atoms with Gasteiger partial charge in [0, 0.05) is 19.3 Å². The molecule has 0 unspecified atom stereocenters. The van der Waals surface area contributed by atoms with Crippen LogP contribution in [-0.4, -0.2) is 24.3 Å². The van der Waals surface area contributed by atoms with Crippen molar-refractivity contribution < 1.29 is 0 Å². The highest BCUT2D eigenvalue weighted by molar-refractivity contribution is 5.56. The predicted octanol–water partition coefficient (Wildman–Crippen LogP) is 1.25. The van der Waals surface area contributed by atoms with Gasteiger partial charge in [0.05, 0.1) is 6.34 Å². The Bertz CT molecular complexity index is 127. The molecule has 0 amide bonds. The second-order valence-corrected chi connectivity index (χ2v) is 2.07. The minimum atomic E-state index is 1.06. The van der Waals surface area contributed by atoms with Gasteiger partial charge in [0.1, 0.15) is 0 Å². The second kappa shape index (κ2) is 3.28. The molecule has 0 saturated carbocycles. The molecule has 0 spiro atoms. The molecule has 0 aromatic heterocycles. The monoisotopic (exact) mass is 124 g/mol. The molecule has 0 fully saturated rings. The van der Waals surface area contributed by atoms with Gasteiger partial charge in [-0.3, -0.25) is 0 Å². The lowest BCUT2D eigenvalue weighted by molar-refractivity contribution is 0.464. The van der Waals surface area contributed by atoms with E-state index in [0.29, 0.717) is 0 Å². The van der Waals surface area contributed by atoms with Crippen LogP contribution in [0, 0.1) is 0 Å². The van der Waals surface area contributed by atoms with Crippen LogP contribution < -0.4 is 0 Å². The maximum absolute atomic E-state index is 4.04. The summed E-state index contributed by atoms with van der Waals surface area (Å²) in [6.45, 7) is 4.30. The van der Waals surface area contributed by atoms with Crippen LogP contribution in [-0.2, 0) is 0 Å². The Morgan fingerprint density at radius 3 is 3.33 bits per heavy atom. The average Bonchev–Trinajstić information content (AvgIpc) is 2.13. The molecule has 1 rings (SSSR count). The van der Waals surface area contributed by atoms with Crippen LogP contribution in [0.25, 0.3) is 0 Å². The molecule has 50 valence electrons. The smallest absolute Gasteiger partial charge is 0.0904 e. The highest BCUT2D eigenvalue weighted by Gasteiger charge is 1.94. The summed E-state index contributed by atoms with van der Waals surface area (Å²) in [5.41, 5.74) is 0. The van der Waals surface area contributed by atoms with E-state index in [4.69, 9.17) is 0 Å². The van der Waals surface area contributed by atoms with Crippen molar-refractivity contribution in [3.8, 4) is 0 Å². The van der Waals surface area contributed by atoms with E-state index in [2.05, 4.69) is 22.9 Å². The summed E-state index contributed by atoms with van der Waals surface area (Å²) < 4.78 is 0. The summed E-state index contributed by atoms with van der Waals surface area (Å²) >= 11 is 0. The van der Waals surface area contributed by atoms with Crippen LogP contribution in [0.5, 0.6) is 0 Å². The molecule has 0 radical (unpaired) electrons. The molecule has 0 aliphatic carbocycles. The van der Waals surface area contributed by atoms with Gasteiger partial charge >= 0.3 is 0 Å². The Hall–Kier alpha value is -0.790. The highest BCUT2D eigenvalue weighted by Crippen LogP contribution is 1.94. The van der Waals surface area contributed by atoms with E-state index in [9.17, 15) is 0 Å². The summed E-state index contributed by atoms with van der Waals surface area (Å²) in [4.78, 5) is 6.24. The summed E-state index contributed by atoms with van der Waals surface area (Å²) in [7, 11) is 0. The van der Waals surface area contributed by atoms with Gasteiger partial charge in [-0.15, -0.1) is 0 Å². The van der Waals surface area contributed by atoms with E-state index in [1.165, 1.54) is 0 Å². The first-order valence-corrected chi connectivity index (χ1v) is 3.36. The van der Waals surface area contributed by atoms with Crippen molar-refractivity contribution in [1.29, 1.82) is 0 Å². The third-order valence-corrected chi connectivity index (χ3v) is 1.41. The van der Waals surface area contributed by atoms with E-state index in [0.717, 1.165) is 19.5 Å². The van der Waals surface area contributed by atoms with Gasteiger partial charge in [0.25, 0.3) is 0 Å². The van der Waals surface area contributed by atoms with Gasteiger partial charge in [0.2, 0.25) is 0 Å². The number of rotatable bonds is 1. The molecule has 0 atom stereocenters. The maximum Gasteiger partial charge on any atom is 0.0904 e. The van der Waals surface area contributed by atoms with Crippen molar-refractivity contribution in [2.75, 3.05) is 13.1 Å². The summed E-state index contributed by atoms with van der Waals surface area (Å²) in [6, 6.07) is 0. The van der Waals surface area contributed by atoms with Crippen molar-refractivity contribution in [1.82, 2.24) is 4.90 Å². The first kappa shape index (κ1) is 6.33. The molecule has 0 aromatic rings. The zero-order valence-electron chi connectivity index (χ0n) is 5.75. The molecule has 0 N–H and O–H groups in total. The minimum Gasteiger partial charge on any atom is -0.363 e. The lowest BCUT2D eigenvalue weighted by atomic mass is 10.4. The molecule has 1 aliphatic rings. The Morgan fingerprint density at radius 1 is 1.67 bits per heavy atom.